The highest BCUT2D eigenvalue weighted by Crippen LogP contribution is 2.27. The summed E-state index contributed by atoms with van der Waals surface area (Å²) in [7, 11) is 1.58. The number of halogens is 1. The van der Waals surface area contributed by atoms with E-state index in [1.165, 1.54) is 28.4 Å². The Balaban J connectivity index is 1.94. The SMILES string of the molecule is CN(C(=O)c1cc2ccncc2s1)c1ccc(C#N)c(F)c1. The van der Waals surface area contributed by atoms with E-state index in [9.17, 15) is 9.18 Å². The molecule has 3 aromatic rings. The van der Waals surface area contributed by atoms with E-state index in [4.69, 9.17) is 5.26 Å². The summed E-state index contributed by atoms with van der Waals surface area (Å²) in [6.45, 7) is 0. The summed E-state index contributed by atoms with van der Waals surface area (Å²) < 4.78 is 14.6. The van der Waals surface area contributed by atoms with Gasteiger partial charge in [-0.05, 0) is 35.7 Å². The minimum atomic E-state index is -0.639. The number of carbonyl (C=O) groups excluding carboxylic acids is 1. The normalized spacial score (nSPS) is 10.4. The van der Waals surface area contributed by atoms with Gasteiger partial charge in [0.25, 0.3) is 5.91 Å². The molecule has 1 aromatic carbocycles. The van der Waals surface area contributed by atoms with Crippen LogP contribution in [0.4, 0.5) is 10.1 Å². The Morgan fingerprint density at radius 1 is 1.36 bits per heavy atom. The molecular formula is C16H10FN3OS. The molecule has 2 heterocycles. The van der Waals surface area contributed by atoms with Gasteiger partial charge in [0.05, 0.1) is 15.1 Å². The van der Waals surface area contributed by atoms with Gasteiger partial charge >= 0.3 is 0 Å². The molecule has 0 unspecified atom stereocenters. The molecule has 0 aliphatic carbocycles. The molecule has 0 fully saturated rings. The van der Waals surface area contributed by atoms with Crippen molar-refractivity contribution in [1.29, 1.82) is 5.26 Å². The second kappa shape index (κ2) is 5.54. The molecule has 108 valence electrons. The molecule has 0 aliphatic heterocycles. The molecule has 0 bridgehead atoms. The van der Waals surface area contributed by atoms with Crippen LogP contribution in [0.25, 0.3) is 10.1 Å². The van der Waals surface area contributed by atoms with E-state index in [0.29, 0.717) is 10.6 Å². The zero-order valence-electron chi connectivity index (χ0n) is 11.6. The lowest BCUT2D eigenvalue weighted by molar-refractivity contribution is 0.0997. The molecule has 0 spiro atoms. The largest absolute Gasteiger partial charge is 0.311 e. The third-order valence-corrected chi connectivity index (χ3v) is 4.37. The van der Waals surface area contributed by atoms with Gasteiger partial charge in [-0.1, -0.05) is 0 Å². The summed E-state index contributed by atoms with van der Waals surface area (Å²) >= 11 is 1.34. The monoisotopic (exact) mass is 311 g/mol. The van der Waals surface area contributed by atoms with Gasteiger partial charge in [-0.3, -0.25) is 9.78 Å². The van der Waals surface area contributed by atoms with Crippen LogP contribution >= 0.6 is 11.3 Å². The van der Waals surface area contributed by atoms with Crippen molar-refractivity contribution in [2.45, 2.75) is 0 Å². The standard InChI is InChI=1S/C16H10FN3OS/c1-20(12-3-2-11(8-18)13(17)7-12)16(21)14-6-10-4-5-19-9-15(10)22-14/h2-7,9H,1H3. The second-order valence-electron chi connectivity index (χ2n) is 4.66. The fourth-order valence-electron chi connectivity index (χ4n) is 2.08. The fourth-order valence-corrected chi connectivity index (χ4v) is 3.08. The van der Waals surface area contributed by atoms with E-state index in [1.54, 1.807) is 37.6 Å². The van der Waals surface area contributed by atoms with Crippen molar-refractivity contribution in [1.82, 2.24) is 4.98 Å². The smallest absolute Gasteiger partial charge is 0.268 e. The Hall–Kier alpha value is -2.78. The molecule has 6 heteroatoms. The summed E-state index contributed by atoms with van der Waals surface area (Å²) in [6, 6.07) is 9.49. The lowest BCUT2D eigenvalue weighted by Crippen LogP contribution is -2.25. The van der Waals surface area contributed by atoms with Crippen LogP contribution in [0, 0.1) is 17.1 Å². The van der Waals surface area contributed by atoms with E-state index in [1.807, 2.05) is 6.07 Å². The molecule has 3 rings (SSSR count). The third kappa shape index (κ3) is 2.43. The first-order valence-electron chi connectivity index (χ1n) is 6.41. The van der Waals surface area contributed by atoms with Crippen LogP contribution in [-0.4, -0.2) is 17.9 Å². The number of pyridine rings is 1. The van der Waals surface area contributed by atoms with Gasteiger partial charge in [0.1, 0.15) is 11.9 Å². The summed E-state index contributed by atoms with van der Waals surface area (Å²) in [5, 5.41) is 9.69. The summed E-state index contributed by atoms with van der Waals surface area (Å²) in [4.78, 5) is 18.4. The molecule has 0 N–H and O–H groups in total. The van der Waals surface area contributed by atoms with Crippen molar-refractivity contribution in [2.75, 3.05) is 11.9 Å². The molecule has 0 atom stereocenters. The predicted octanol–water partition coefficient (Wildman–Crippen LogP) is 3.58. The molecule has 0 aliphatic rings. The first kappa shape index (κ1) is 14.2. The molecular weight excluding hydrogens is 301 g/mol. The maximum absolute atomic E-state index is 13.7. The number of benzene rings is 1. The molecule has 4 nitrogen and oxygen atoms in total. The first-order chi connectivity index (χ1) is 10.6. The van der Waals surface area contributed by atoms with Gasteiger partial charge in [-0.15, -0.1) is 11.3 Å². The van der Waals surface area contributed by atoms with Crippen molar-refractivity contribution >= 4 is 33.0 Å². The van der Waals surface area contributed by atoms with E-state index < -0.39 is 5.82 Å². The number of amides is 1. The van der Waals surface area contributed by atoms with E-state index in [2.05, 4.69) is 4.98 Å². The van der Waals surface area contributed by atoms with Gasteiger partial charge in [-0.2, -0.15) is 5.26 Å². The number of nitriles is 1. The molecule has 2 aromatic heterocycles. The van der Waals surface area contributed by atoms with Crippen LogP contribution in [0.1, 0.15) is 15.2 Å². The summed E-state index contributed by atoms with van der Waals surface area (Å²) in [5.74, 6) is -0.870. The van der Waals surface area contributed by atoms with Crippen molar-refractivity contribution in [3.63, 3.8) is 0 Å². The number of hydrogen-bond donors (Lipinski definition) is 0. The number of nitrogens with zero attached hydrogens (tertiary/aromatic N) is 3. The van der Waals surface area contributed by atoms with Gasteiger partial charge in [-0.25, -0.2) is 4.39 Å². The van der Waals surface area contributed by atoms with Crippen LogP contribution in [0.3, 0.4) is 0 Å². The summed E-state index contributed by atoms with van der Waals surface area (Å²) in [6.07, 6.45) is 3.38. The quantitative estimate of drug-likeness (QED) is 0.727. The molecule has 0 radical (unpaired) electrons. The lowest BCUT2D eigenvalue weighted by atomic mass is 10.2. The zero-order valence-corrected chi connectivity index (χ0v) is 12.4. The molecule has 22 heavy (non-hydrogen) atoms. The summed E-state index contributed by atoms with van der Waals surface area (Å²) in [5.41, 5.74) is 0.356. The Labute approximate surface area is 130 Å². The van der Waals surface area contributed by atoms with Crippen molar-refractivity contribution in [2.24, 2.45) is 0 Å². The van der Waals surface area contributed by atoms with Crippen molar-refractivity contribution < 1.29 is 9.18 Å². The third-order valence-electron chi connectivity index (χ3n) is 3.30. The van der Waals surface area contributed by atoms with Crippen LogP contribution in [0.2, 0.25) is 0 Å². The van der Waals surface area contributed by atoms with Gasteiger partial charge in [0, 0.05) is 25.1 Å². The fraction of sp³-hybridized carbons (Fsp3) is 0.0625. The van der Waals surface area contributed by atoms with Crippen molar-refractivity contribution in [3.05, 3.63) is 59.0 Å². The maximum Gasteiger partial charge on any atom is 0.268 e. The van der Waals surface area contributed by atoms with Crippen LogP contribution < -0.4 is 4.90 Å². The maximum atomic E-state index is 13.7. The predicted molar refractivity (Wildman–Crippen MR) is 83.5 cm³/mol. The average Bonchev–Trinajstić information content (AvgIpc) is 2.97. The number of fused-ring (bicyclic) bond motifs is 1. The highest BCUT2D eigenvalue weighted by molar-refractivity contribution is 7.20. The number of carbonyl (C=O) groups is 1. The van der Waals surface area contributed by atoms with Crippen molar-refractivity contribution in [3.8, 4) is 6.07 Å². The Morgan fingerprint density at radius 2 is 2.18 bits per heavy atom. The van der Waals surface area contributed by atoms with E-state index in [0.717, 1.165) is 10.1 Å². The number of aromatic nitrogens is 1. The van der Waals surface area contributed by atoms with Crippen LogP contribution in [0.15, 0.2) is 42.7 Å². The number of rotatable bonds is 2. The molecule has 1 amide bonds. The average molecular weight is 311 g/mol. The Bertz CT molecular complexity index is 880. The lowest BCUT2D eigenvalue weighted by Gasteiger charge is -2.16. The molecule has 0 saturated carbocycles. The topological polar surface area (TPSA) is 57.0 Å². The zero-order chi connectivity index (χ0) is 15.7. The minimum Gasteiger partial charge on any atom is -0.311 e. The highest BCUT2D eigenvalue weighted by Gasteiger charge is 2.17. The van der Waals surface area contributed by atoms with E-state index >= 15 is 0 Å². The van der Waals surface area contributed by atoms with Gasteiger partial charge < -0.3 is 4.90 Å². The van der Waals surface area contributed by atoms with E-state index in [-0.39, 0.29) is 11.5 Å². The molecule has 0 saturated heterocycles. The number of thiophene rings is 1. The first-order valence-corrected chi connectivity index (χ1v) is 7.23. The highest BCUT2D eigenvalue weighted by atomic mass is 32.1. The van der Waals surface area contributed by atoms with Gasteiger partial charge in [0.2, 0.25) is 0 Å². The van der Waals surface area contributed by atoms with Gasteiger partial charge in [0.15, 0.2) is 0 Å². The number of hydrogen-bond acceptors (Lipinski definition) is 4. The number of anilines is 1. The second-order valence-corrected chi connectivity index (χ2v) is 5.75. The van der Waals surface area contributed by atoms with Crippen LogP contribution in [-0.2, 0) is 0 Å². The minimum absolute atomic E-state index is 0.0439. The van der Waals surface area contributed by atoms with Crippen LogP contribution in [0.5, 0.6) is 0 Å². The Kier molecular flexibility index (Phi) is 3.57. The Morgan fingerprint density at radius 3 is 2.86 bits per heavy atom.